The molecule has 0 aliphatic carbocycles. The number of nitrogens with one attached hydrogen (secondary N) is 2. The quantitative estimate of drug-likeness (QED) is 0.322. The van der Waals surface area contributed by atoms with Gasteiger partial charge in [0.15, 0.2) is 0 Å². The van der Waals surface area contributed by atoms with Crippen molar-refractivity contribution in [3.63, 3.8) is 0 Å². The Hall–Kier alpha value is -2.16. The van der Waals surface area contributed by atoms with E-state index in [9.17, 15) is 8.42 Å². The molecule has 0 fully saturated rings. The zero-order valence-corrected chi connectivity index (χ0v) is 18.7. The zero-order chi connectivity index (χ0) is 19.9. The lowest BCUT2D eigenvalue weighted by molar-refractivity contribution is 0.607. The van der Waals surface area contributed by atoms with Crippen LogP contribution in [0.4, 0.5) is 17.1 Å². The highest BCUT2D eigenvalue weighted by Gasteiger charge is 2.11. The van der Waals surface area contributed by atoms with Crippen molar-refractivity contribution >= 4 is 80.8 Å². The number of rotatable bonds is 4. The van der Waals surface area contributed by atoms with Gasteiger partial charge in [-0.3, -0.25) is 4.72 Å². The fraction of sp³-hybridized carbons (Fsp3) is 0.0500. The standard InChI is InChI=1S/C20H15Br2N3O2S/c1-28(26,27)25-15-6-4-14(5-7-15)23-20-16-8-2-12(21)10-18(16)24-19-11-13(22)3-9-17(19)20/h2-11,25H,1H3,(H,23,24). The van der Waals surface area contributed by atoms with Crippen LogP contribution in [0.3, 0.4) is 0 Å². The number of halogens is 2. The van der Waals surface area contributed by atoms with Crippen molar-refractivity contribution in [2.45, 2.75) is 0 Å². The van der Waals surface area contributed by atoms with Gasteiger partial charge in [0.2, 0.25) is 10.0 Å². The molecule has 4 aromatic rings. The van der Waals surface area contributed by atoms with Crippen LogP contribution >= 0.6 is 31.9 Å². The molecule has 0 bridgehead atoms. The zero-order valence-electron chi connectivity index (χ0n) is 14.7. The summed E-state index contributed by atoms with van der Waals surface area (Å²) in [7, 11) is -3.30. The normalized spacial score (nSPS) is 11.7. The molecule has 0 saturated carbocycles. The van der Waals surface area contributed by atoms with Gasteiger partial charge < -0.3 is 5.32 Å². The van der Waals surface area contributed by atoms with Crippen molar-refractivity contribution in [1.82, 2.24) is 4.98 Å². The summed E-state index contributed by atoms with van der Waals surface area (Å²) in [5, 5.41) is 5.46. The topological polar surface area (TPSA) is 71.1 Å². The first-order valence-electron chi connectivity index (χ1n) is 8.32. The number of anilines is 3. The minimum absolute atomic E-state index is 0.519. The van der Waals surface area contributed by atoms with Crippen LogP contribution in [0.25, 0.3) is 21.8 Å². The van der Waals surface area contributed by atoms with E-state index < -0.39 is 10.0 Å². The Balaban J connectivity index is 1.82. The van der Waals surface area contributed by atoms with Crippen LogP contribution in [0.1, 0.15) is 0 Å². The summed E-state index contributed by atoms with van der Waals surface area (Å²) in [5.74, 6) is 0. The second-order valence-electron chi connectivity index (χ2n) is 6.39. The molecule has 0 atom stereocenters. The lowest BCUT2D eigenvalue weighted by Gasteiger charge is -2.14. The predicted octanol–water partition coefficient (Wildman–Crippen LogP) is 6.03. The Morgan fingerprint density at radius 2 is 1.29 bits per heavy atom. The number of nitrogens with zero attached hydrogens (tertiary/aromatic N) is 1. The summed E-state index contributed by atoms with van der Waals surface area (Å²) in [6, 6.07) is 19.1. The molecule has 8 heteroatoms. The maximum atomic E-state index is 11.4. The first-order valence-corrected chi connectivity index (χ1v) is 11.8. The SMILES string of the molecule is CS(=O)(=O)Nc1ccc(Nc2c3ccc(Br)cc3nc3cc(Br)ccc23)cc1. The van der Waals surface area contributed by atoms with Crippen LogP contribution in [0.2, 0.25) is 0 Å². The summed E-state index contributed by atoms with van der Waals surface area (Å²) in [5.41, 5.74) is 4.06. The van der Waals surface area contributed by atoms with Gasteiger partial charge in [0, 0.05) is 31.1 Å². The van der Waals surface area contributed by atoms with Gasteiger partial charge in [0.25, 0.3) is 0 Å². The molecule has 0 amide bonds. The summed E-state index contributed by atoms with van der Waals surface area (Å²) >= 11 is 7.02. The van der Waals surface area contributed by atoms with Crippen molar-refractivity contribution in [3.8, 4) is 0 Å². The average Bonchev–Trinajstić information content (AvgIpc) is 2.61. The van der Waals surface area contributed by atoms with Crippen molar-refractivity contribution < 1.29 is 8.42 Å². The molecule has 5 nitrogen and oxygen atoms in total. The molecule has 142 valence electrons. The summed E-state index contributed by atoms with van der Waals surface area (Å²) < 4.78 is 27.2. The summed E-state index contributed by atoms with van der Waals surface area (Å²) in [6.07, 6.45) is 1.13. The first-order chi connectivity index (χ1) is 13.3. The first kappa shape index (κ1) is 19.2. The molecule has 3 aromatic carbocycles. The van der Waals surface area contributed by atoms with Crippen molar-refractivity contribution in [2.24, 2.45) is 0 Å². The molecular weight excluding hydrogens is 506 g/mol. The second kappa shape index (κ2) is 7.35. The Morgan fingerprint density at radius 1 is 0.786 bits per heavy atom. The van der Waals surface area contributed by atoms with Crippen LogP contribution in [-0.4, -0.2) is 19.7 Å². The predicted molar refractivity (Wildman–Crippen MR) is 123 cm³/mol. The van der Waals surface area contributed by atoms with Gasteiger partial charge >= 0.3 is 0 Å². The fourth-order valence-corrected chi connectivity index (χ4v) is 4.27. The lowest BCUT2D eigenvalue weighted by Crippen LogP contribution is -2.09. The van der Waals surface area contributed by atoms with E-state index in [0.717, 1.165) is 48.4 Å². The monoisotopic (exact) mass is 519 g/mol. The van der Waals surface area contributed by atoms with Crippen LogP contribution in [-0.2, 0) is 10.0 Å². The lowest BCUT2D eigenvalue weighted by atomic mass is 10.1. The van der Waals surface area contributed by atoms with Crippen LogP contribution < -0.4 is 10.0 Å². The molecule has 0 spiro atoms. The second-order valence-corrected chi connectivity index (χ2v) is 9.97. The highest BCUT2D eigenvalue weighted by molar-refractivity contribution is 9.10. The molecule has 0 aliphatic heterocycles. The van der Waals surface area contributed by atoms with E-state index in [1.165, 1.54) is 0 Å². The summed E-state index contributed by atoms with van der Waals surface area (Å²) in [4.78, 5) is 4.78. The van der Waals surface area contributed by atoms with E-state index in [-0.39, 0.29) is 0 Å². The Labute approximate surface area is 179 Å². The number of pyridine rings is 1. The molecule has 0 radical (unpaired) electrons. The number of hydrogen-bond donors (Lipinski definition) is 2. The third kappa shape index (κ3) is 4.14. The highest BCUT2D eigenvalue weighted by atomic mass is 79.9. The van der Waals surface area contributed by atoms with E-state index >= 15 is 0 Å². The molecule has 2 N–H and O–H groups in total. The number of hydrogen-bond acceptors (Lipinski definition) is 4. The van der Waals surface area contributed by atoms with Gasteiger partial charge in [-0.2, -0.15) is 0 Å². The fourth-order valence-electron chi connectivity index (χ4n) is 3.01. The molecule has 0 aliphatic rings. The molecule has 28 heavy (non-hydrogen) atoms. The number of fused-ring (bicyclic) bond motifs is 2. The van der Waals surface area contributed by atoms with E-state index in [1.54, 1.807) is 12.1 Å². The third-order valence-electron chi connectivity index (χ3n) is 4.16. The van der Waals surface area contributed by atoms with Gasteiger partial charge in [0.1, 0.15) is 0 Å². The van der Waals surface area contributed by atoms with Crippen molar-refractivity contribution in [3.05, 3.63) is 69.6 Å². The molecule has 1 aromatic heterocycles. The largest absolute Gasteiger partial charge is 0.354 e. The van der Waals surface area contributed by atoms with Gasteiger partial charge in [-0.15, -0.1) is 0 Å². The minimum Gasteiger partial charge on any atom is -0.354 e. The van der Waals surface area contributed by atoms with Gasteiger partial charge in [-0.25, -0.2) is 13.4 Å². The van der Waals surface area contributed by atoms with Crippen molar-refractivity contribution in [1.29, 1.82) is 0 Å². The Kier molecular flexibility index (Phi) is 5.03. The van der Waals surface area contributed by atoms with E-state index in [2.05, 4.69) is 41.9 Å². The molecule has 0 unspecified atom stereocenters. The number of benzene rings is 3. The van der Waals surface area contributed by atoms with E-state index in [4.69, 9.17) is 4.98 Å². The van der Waals surface area contributed by atoms with Crippen LogP contribution in [0.5, 0.6) is 0 Å². The average molecular weight is 521 g/mol. The molecular formula is C20H15Br2N3O2S. The molecule has 4 rings (SSSR count). The van der Waals surface area contributed by atoms with Gasteiger partial charge in [0.05, 0.1) is 23.0 Å². The van der Waals surface area contributed by atoms with Gasteiger partial charge in [-0.05, 0) is 60.7 Å². The maximum Gasteiger partial charge on any atom is 0.229 e. The van der Waals surface area contributed by atoms with Crippen LogP contribution in [0.15, 0.2) is 69.6 Å². The van der Waals surface area contributed by atoms with Crippen molar-refractivity contribution in [2.75, 3.05) is 16.3 Å². The third-order valence-corrected chi connectivity index (χ3v) is 5.75. The number of sulfonamides is 1. The maximum absolute atomic E-state index is 11.4. The van der Waals surface area contributed by atoms with Crippen LogP contribution in [0, 0.1) is 0 Å². The Bertz CT molecular complexity index is 1250. The smallest absolute Gasteiger partial charge is 0.229 e. The van der Waals surface area contributed by atoms with Gasteiger partial charge in [-0.1, -0.05) is 31.9 Å². The summed E-state index contributed by atoms with van der Waals surface area (Å²) in [6.45, 7) is 0. The van der Waals surface area contributed by atoms with E-state index in [0.29, 0.717) is 5.69 Å². The molecule has 0 saturated heterocycles. The molecule has 1 heterocycles. The van der Waals surface area contributed by atoms with E-state index in [1.807, 2.05) is 48.5 Å². The minimum atomic E-state index is -3.30. The highest BCUT2D eigenvalue weighted by Crippen LogP contribution is 2.35. The Morgan fingerprint density at radius 3 is 1.79 bits per heavy atom. The number of aromatic nitrogens is 1.